The number of Topliss-reactive ketones (excluding diaryl/α,β-unsaturated/α-hetero) is 1. The molecule has 0 unspecified atom stereocenters. The monoisotopic (exact) mass is 358 g/mol. The van der Waals surface area contributed by atoms with E-state index in [1.54, 1.807) is 11.3 Å². The molecule has 0 spiro atoms. The van der Waals surface area contributed by atoms with E-state index in [-0.39, 0.29) is 0 Å². The Balaban J connectivity index is 2.04. The zero-order chi connectivity index (χ0) is 14.8. The molecule has 0 N–H and O–H groups in total. The lowest BCUT2D eigenvalue weighted by atomic mass is 10.0. The van der Waals surface area contributed by atoms with E-state index in [0.29, 0.717) is 12.2 Å². The molecule has 0 bridgehead atoms. The third-order valence-corrected chi connectivity index (χ3v) is 5.25. The summed E-state index contributed by atoms with van der Waals surface area (Å²) in [4.78, 5) is 13.2. The van der Waals surface area contributed by atoms with E-state index in [9.17, 15) is 4.79 Å². The van der Waals surface area contributed by atoms with Gasteiger partial charge in [0.25, 0.3) is 0 Å². The van der Waals surface area contributed by atoms with Gasteiger partial charge in [-0.25, -0.2) is 0 Å². The third-order valence-electron chi connectivity index (χ3n) is 3.70. The standard InChI is InChI=1S/C17H27BrOS/c1-3-4-5-6-7-8-9-10-11-12-16(19)15-13-17(18)20-14(15)2/h13H,3-12H2,1-2H3. The molecular weight excluding hydrogens is 332 g/mol. The number of carbonyl (C=O) groups excluding carboxylic acids is 1. The van der Waals surface area contributed by atoms with E-state index in [0.717, 1.165) is 20.6 Å². The Morgan fingerprint density at radius 2 is 1.60 bits per heavy atom. The molecule has 0 aliphatic rings. The molecule has 1 nitrogen and oxygen atoms in total. The Hall–Kier alpha value is -0.150. The number of halogens is 1. The summed E-state index contributed by atoms with van der Waals surface area (Å²) < 4.78 is 1.06. The highest BCUT2D eigenvalue weighted by atomic mass is 79.9. The van der Waals surface area contributed by atoms with Gasteiger partial charge in [0, 0.05) is 16.9 Å². The van der Waals surface area contributed by atoms with Crippen molar-refractivity contribution in [2.45, 2.75) is 78.1 Å². The van der Waals surface area contributed by atoms with Crippen molar-refractivity contribution in [3.8, 4) is 0 Å². The van der Waals surface area contributed by atoms with Crippen LogP contribution in [0.4, 0.5) is 0 Å². The van der Waals surface area contributed by atoms with Crippen molar-refractivity contribution in [2.24, 2.45) is 0 Å². The minimum atomic E-state index is 0.312. The number of thiophene rings is 1. The molecule has 0 amide bonds. The van der Waals surface area contributed by atoms with Crippen LogP contribution in [0.2, 0.25) is 0 Å². The van der Waals surface area contributed by atoms with E-state index in [1.807, 2.05) is 13.0 Å². The fourth-order valence-corrected chi connectivity index (χ4v) is 4.16. The first-order chi connectivity index (χ1) is 9.65. The average molecular weight is 359 g/mol. The van der Waals surface area contributed by atoms with Gasteiger partial charge in [0.1, 0.15) is 0 Å². The smallest absolute Gasteiger partial charge is 0.164 e. The molecule has 1 rings (SSSR count). The second-order valence-corrected chi connectivity index (χ2v) is 8.16. The predicted octanol–water partition coefficient (Wildman–Crippen LogP) is 6.92. The van der Waals surface area contributed by atoms with E-state index in [2.05, 4.69) is 22.9 Å². The topological polar surface area (TPSA) is 17.1 Å². The van der Waals surface area contributed by atoms with Gasteiger partial charge in [0.15, 0.2) is 5.78 Å². The number of ketones is 1. The lowest BCUT2D eigenvalue weighted by molar-refractivity contribution is 0.0979. The first kappa shape index (κ1) is 17.9. The molecule has 0 fully saturated rings. The molecule has 0 saturated heterocycles. The molecule has 0 aliphatic heterocycles. The summed E-state index contributed by atoms with van der Waals surface area (Å²) in [7, 11) is 0. The van der Waals surface area contributed by atoms with E-state index in [1.165, 1.54) is 51.4 Å². The van der Waals surface area contributed by atoms with Crippen LogP contribution in [0.15, 0.2) is 9.85 Å². The van der Waals surface area contributed by atoms with Crippen LogP contribution in [0.1, 0.15) is 86.4 Å². The molecule has 0 radical (unpaired) electrons. The number of carbonyl (C=O) groups is 1. The molecule has 0 atom stereocenters. The normalized spacial score (nSPS) is 10.9. The van der Waals surface area contributed by atoms with Crippen molar-refractivity contribution < 1.29 is 4.79 Å². The van der Waals surface area contributed by atoms with Gasteiger partial charge in [-0.2, -0.15) is 0 Å². The summed E-state index contributed by atoms with van der Waals surface area (Å²) >= 11 is 5.10. The zero-order valence-electron chi connectivity index (χ0n) is 12.8. The Morgan fingerprint density at radius 1 is 1.05 bits per heavy atom. The van der Waals surface area contributed by atoms with Crippen LogP contribution in [0.5, 0.6) is 0 Å². The SMILES string of the molecule is CCCCCCCCCCCC(=O)c1cc(Br)sc1C. The second-order valence-electron chi connectivity index (χ2n) is 5.52. The average Bonchev–Trinajstić information content (AvgIpc) is 2.75. The molecule has 1 aromatic heterocycles. The van der Waals surface area contributed by atoms with Crippen molar-refractivity contribution in [1.82, 2.24) is 0 Å². The fraction of sp³-hybridized carbons (Fsp3) is 0.706. The highest BCUT2D eigenvalue weighted by molar-refractivity contribution is 9.11. The van der Waals surface area contributed by atoms with Gasteiger partial charge in [-0.3, -0.25) is 4.79 Å². The largest absolute Gasteiger partial charge is 0.294 e. The van der Waals surface area contributed by atoms with Crippen molar-refractivity contribution >= 4 is 33.0 Å². The molecule has 0 aromatic carbocycles. The quantitative estimate of drug-likeness (QED) is 0.309. The zero-order valence-corrected chi connectivity index (χ0v) is 15.2. The van der Waals surface area contributed by atoms with Crippen molar-refractivity contribution in [2.75, 3.05) is 0 Å². The van der Waals surface area contributed by atoms with E-state index >= 15 is 0 Å². The highest BCUT2D eigenvalue weighted by Crippen LogP contribution is 2.27. The minimum absolute atomic E-state index is 0.312. The molecule has 1 heterocycles. The Labute approximate surface area is 136 Å². The van der Waals surface area contributed by atoms with Crippen LogP contribution < -0.4 is 0 Å². The lowest BCUT2D eigenvalue weighted by Crippen LogP contribution is -1.98. The Kier molecular flexibility index (Phi) is 9.45. The second kappa shape index (κ2) is 10.6. The molecule has 0 aliphatic carbocycles. The summed E-state index contributed by atoms with van der Waals surface area (Å²) in [6.45, 7) is 4.28. The molecule has 1 aromatic rings. The van der Waals surface area contributed by atoms with E-state index in [4.69, 9.17) is 0 Å². The van der Waals surface area contributed by atoms with Gasteiger partial charge in [-0.15, -0.1) is 11.3 Å². The van der Waals surface area contributed by atoms with Gasteiger partial charge in [0.05, 0.1) is 3.79 Å². The van der Waals surface area contributed by atoms with E-state index < -0.39 is 0 Å². The van der Waals surface area contributed by atoms with Crippen LogP contribution in [-0.4, -0.2) is 5.78 Å². The van der Waals surface area contributed by atoms with Gasteiger partial charge < -0.3 is 0 Å². The van der Waals surface area contributed by atoms with Crippen LogP contribution in [0.3, 0.4) is 0 Å². The first-order valence-electron chi connectivity index (χ1n) is 7.94. The molecule has 3 heteroatoms. The van der Waals surface area contributed by atoms with Crippen LogP contribution in [0.25, 0.3) is 0 Å². The summed E-state index contributed by atoms with van der Waals surface area (Å²) in [6, 6.07) is 1.97. The highest BCUT2D eigenvalue weighted by Gasteiger charge is 2.11. The summed E-state index contributed by atoms with van der Waals surface area (Å²) in [6.07, 6.45) is 12.4. The molecular formula is C17H27BrOS. The molecule has 20 heavy (non-hydrogen) atoms. The number of rotatable bonds is 11. The Bertz CT molecular complexity index is 398. The van der Waals surface area contributed by atoms with Gasteiger partial charge in [0.2, 0.25) is 0 Å². The summed E-state index contributed by atoms with van der Waals surface area (Å²) in [5.41, 5.74) is 0.918. The van der Waals surface area contributed by atoms with Crippen LogP contribution >= 0.6 is 27.3 Å². The maximum atomic E-state index is 12.1. The minimum Gasteiger partial charge on any atom is -0.294 e. The molecule has 0 saturated carbocycles. The Morgan fingerprint density at radius 3 is 2.10 bits per heavy atom. The first-order valence-corrected chi connectivity index (χ1v) is 9.55. The van der Waals surface area contributed by atoms with Gasteiger partial charge in [-0.05, 0) is 35.3 Å². The maximum Gasteiger partial charge on any atom is 0.164 e. The van der Waals surface area contributed by atoms with Crippen LogP contribution in [0, 0.1) is 6.92 Å². The third kappa shape index (κ3) is 7.03. The van der Waals surface area contributed by atoms with Crippen LogP contribution in [-0.2, 0) is 0 Å². The number of hydrogen-bond acceptors (Lipinski definition) is 2. The molecule has 114 valence electrons. The summed E-state index contributed by atoms with van der Waals surface area (Å²) in [5, 5.41) is 0. The van der Waals surface area contributed by atoms with Crippen molar-refractivity contribution in [1.29, 1.82) is 0 Å². The number of hydrogen-bond donors (Lipinski definition) is 0. The predicted molar refractivity (Wildman–Crippen MR) is 92.9 cm³/mol. The maximum absolute atomic E-state index is 12.1. The number of unbranched alkanes of at least 4 members (excludes halogenated alkanes) is 8. The number of aryl methyl sites for hydroxylation is 1. The van der Waals surface area contributed by atoms with Gasteiger partial charge >= 0.3 is 0 Å². The summed E-state index contributed by atoms with van der Waals surface area (Å²) in [5.74, 6) is 0.312. The lowest BCUT2D eigenvalue weighted by Gasteiger charge is -2.02. The van der Waals surface area contributed by atoms with Gasteiger partial charge in [-0.1, -0.05) is 58.3 Å². The fourth-order valence-electron chi connectivity index (χ4n) is 2.45. The van der Waals surface area contributed by atoms with Crippen molar-refractivity contribution in [3.05, 3.63) is 20.3 Å². The van der Waals surface area contributed by atoms with Crippen molar-refractivity contribution in [3.63, 3.8) is 0 Å².